The second-order valence-electron chi connectivity index (χ2n) is 14.8. The fourth-order valence-electron chi connectivity index (χ4n) is 8.60. The van der Waals surface area contributed by atoms with E-state index in [0.717, 1.165) is 60.7 Å². The van der Waals surface area contributed by atoms with Crippen molar-refractivity contribution in [2.45, 2.75) is 0 Å². The molecule has 270 valence electrons. The van der Waals surface area contributed by atoms with Crippen LogP contribution in [0.2, 0.25) is 0 Å². The number of hydrogen-bond acceptors (Lipinski definition) is 4. The highest BCUT2D eigenvalue weighted by atomic mass is 16.3. The largest absolute Gasteiger partial charge is 0.456 e. The van der Waals surface area contributed by atoms with Crippen LogP contribution >= 0.6 is 0 Å². The minimum atomic E-state index is 0.590. The van der Waals surface area contributed by atoms with E-state index in [1.165, 1.54) is 38.1 Å². The Balaban J connectivity index is 1.01. The van der Waals surface area contributed by atoms with Gasteiger partial charge in [-0.2, -0.15) is 0 Å². The van der Waals surface area contributed by atoms with Gasteiger partial charge in [0.15, 0.2) is 17.5 Å². The first-order chi connectivity index (χ1) is 28.7. The van der Waals surface area contributed by atoms with Crippen LogP contribution in [0.1, 0.15) is 0 Å². The van der Waals surface area contributed by atoms with E-state index in [2.05, 4.69) is 168 Å². The van der Waals surface area contributed by atoms with Crippen LogP contribution in [0, 0.1) is 0 Å². The van der Waals surface area contributed by atoms with Crippen LogP contribution in [-0.4, -0.2) is 19.5 Å². The molecule has 0 aliphatic carbocycles. The molecule has 0 radical (unpaired) electrons. The Morgan fingerprint density at radius 1 is 0.328 bits per heavy atom. The Labute approximate surface area is 333 Å². The number of nitrogens with zero attached hydrogens (tertiary/aromatic N) is 4. The second kappa shape index (κ2) is 12.8. The lowest BCUT2D eigenvalue weighted by Gasteiger charge is -2.09. The maximum Gasteiger partial charge on any atom is 0.164 e. The fourth-order valence-corrected chi connectivity index (χ4v) is 8.60. The fraction of sp³-hybridized carbons (Fsp3) is 0. The summed E-state index contributed by atoms with van der Waals surface area (Å²) < 4.78 is 9.09. The number of rotatable bonds is 5. The maximum absolute atomic E-state index is 6.72. The molecule has 9 aromatic carbocycles. The van der Waals surface area contributed by atoms with E-state index >= 15 is 0 Å². The molecular weight excluding hydrogens is 709 g/mol. The molecular formula is C53H32N4O. The van der Waals surface area contributed by atoms with Crippen molar-refractivity contribution in [3.05, 3.63) is 194 Å². The van der Waals surface area contributed by atoms with Crippen molar-refractivity contribution in [3.63, 3.8) is 0 Å². The van der Waals surface area contributed by atoms with Crippen LogP contribution in [0.4, 0.5) is 0 Å². The van der Waals surface area contributed by atoms with Crippen LogP contribution in [0.15, 0.2) is 199 Å². The second-order valence-corrected chi connectivity index (χ2v) is 14.8. The number of fused-ring (bicyclic) bond motifs is 9. The van der Waals surface area contributed by atoms with Crippen LogP contribution in [0.25, 0.3) is 116 Å². The summed E-state index contributed by atoms with van der Waals surface area (Å²) in [5.41, 5.74) is 10.1. The van der Waals surface area contributed by atoms with Crippen LogP contribution < -0.4 is 0 Å². The van der Waals surface area contributed by atoms with E-state index in [1.807, 2.05) is 30.3 Å². The summed E-state index contributed by atoms with van der Waals surface area (Å²) in [7, 11) is 0. The molecule has 58 heavy (non-hydrogen) atoms. The van der Waals surface area contributed by atoms with Crippen molar-refractivity contribution in [2.24, 2.45) is 0 Å². The standard InChI is InChI=1S/C53H32N4O/c1-3-11-33(12-4-1)38-23-27-46-45(30-38)50-42-18-10-9-14-35(42)22-28-47(50)57(46)41-24-26-44-43-25-21-40(31-48(43)58-49(44)32-41)53-55-51(36-15-5-2-6-16-36)54-52(56-53)39-20-19-34-13-7-8-17-37(34)29-39/h1-32H. The normalized spacial score (nSPS) is 11.8. The third-order valence-electron chi connectivity index (χ3n) is 11.4. The van der Waals surface area contributed by atoms with Crippen LogP contribution in [0.3, 0.4) is 0 Å². The third-order valence-corrected chi connectivity index (χ3v) is 11.4. The van der Waals surface area contributed by atoms with Crippen LogP contribution in [-0.2, 0) is 0 Å². The van der Waals surface area contributed by atoms with Gasteiger partial charge in [0.1, 0.15) is 11.2 Å². The molecule has 5 nitrogen and oxygen atoms in total. The van der Waals surface area contributed by atoms with Gasteiger partial charge < -0.3 is 8.98 Å². The first-order valence-corrected chi connectivity index (χ1v) is 19.5. The maximum atomic E-state index is 6.72. The molecule has 3 heterocycles. The Hall–Kier alpha value is -7.89. The predicted octanol–water partition coefficient (Wildman–Crippen LogP) is 13.8. The minimum Gasteiger partial charge on any atom is -0.456 e. The first-order valence-electron chi connectivity index (χ1n) is 19.5. The van der Waals surface area contributed by atoms with Gasteiger partial charge in [-0.25, -0.2) is 15.0 Å². The average molecular weight is 741 g/mol. The Morgan fingerprint density at radius 3 is 1.69 bits per heavy atom. The van der Waals surface area contributed by atoms with Crippen molar-refractivity contribution in [1.82, 2.24) is 19.5 Å². The molecule has 0 bridgehead atoms. The zero-order valence-electron chi connectivity index (χ0n) is 31.2. The molecule has 0 fully saturated rings. The topological polar surface area (TPSA) is 56.7 Å². The van der Waals surface area contributed by atoms with Crippen molar-refractivity contribution < 1.29 is 4.42 Å². The van der Waals surface area contributed by atoms with Crippen molar-refractivity contribution >= 4 is 65.3 Å². The summed E-state index contributed by atoms with van der Waals surface area (Å²) in [5.74, 6) is 1.84. The van der Waals surface area contributed by atoms with E-state index in [1.54, 1.807) is 0 Å². The molecule has 3 aromatic heterocycles. The quantitative estimate of drug-likeness (QED) is 0.176. The van der Waals surface area contributed by atoms with E-state index in [9.17, 15) is 0 Å². The van der Waals surface area contributed by atoms with Gasteiger partial charge in [-0.3, -0.25) is 0 Å². The van der Waals surface area contributed by atoms with Gasteiger partial charge in [0.25, 0.3) is 0 Å². The highest BCUT2D eigenvalue weighted by Gasteiger charge is 2.19. The van der Waals surface area contributed by atoms with E-state index in [4.69, 9.17) is 19.4 Å². The molecule has 5 heteroatoms. The number of hydrogen-bond donors (Lipinski definition) is 0. The van der Waals surface area contributed by atoms with Gasteiger partial charge in [0, 0.05) is 50.0 Å². The predicted molar refractivity (Wildman–Crippen MR) is 238 cm³/mol. The van der Waals surface area contributed by atoms with Gasteiger partial charge in [-0.1, -0.05) is 140 Å². The van der Waals surface area contributed by atoms with Crippen molar-refractivity contribution in [1.29, 1.82) is 0 Å². The Morgan fingerprint density at radius 2 is 0.897 bits per heavy atom. The molecule has 12 aromatic rings. The van der Waals surface area contributed by atoms with Crippen molar-refractivity contribution in [2.75, 3.05) is 0 Å². The monoisotopic (exact) mass is 740 g/mol. The molecule has 0 aliphatic heterocycles. The summed E-state index contributed by atoms with van der Waals surface area (Å²) in [6.07, 6.45) is 0. The Kier molecular flexibility index (Phi) is 7.16. The highest BCUT2D eigenvalue weighted by Crippen LogP contribution is 2.40. The SMILES string of the molecule is c1ccc(-c2ccc3c(c2)c2c4ccccc4ccc2n3-c2ccc3c(c2)oc2cc(-c4nc(-c5ccccc5)nc(-c5ccc6ccccc6c5)n4)ccc23)cc1. The Bertz CT molecular complexity index is 3570. The van der Waals surface area contributed by atoms with E-state index < -0.39 is 0 Å². The molecule has 0 N–H and O–H groups in total. The summed E-state index contributed by atoms with van der Waals surface area (Å²) in [6, 6.07) is 68.1. The van der Waals surface area contributed by atoms with Crippen LogP contribution in [0.5, 0.6) is 0 Å². The van der Waals surface area contributed by atoms with Crippen molar-refractivity contribution in [3.8, 4) is 51.0 Å². The molecule has 0 saturated carbocycles. The first kappa shape index (κ1) is 32.4. The van der Waals surface area contributed by atoms with Gasteiger partial charge in [0.05, 0.1) is 11.0 Å². The summed E-state index contributed by atoms with van der Waals surface area (Å²) >= 11 is 0. The lowest BCUT2D eigenvalue weighted by Crippen LogP contribution is -2.00. The average Bonchev–Trinajstić information content (AvgIpc) is 3.84. The zero-order valence-corrected chi connectivity index (χ0v) is 31.2. The molecule has 0 amide bonds. The summed E-state index contributed by atoms with van der Waals surface area (Å²) in [6.45, 7) is 0. The van der Waals surface area contributed by atoms with Gasteiger partial charge in [0.2, 0.25) is 0 Å². The van der Waals surface area contributed by atoms with Gasteiger partial charge in [-0.15, -0.1) is 0 Å². The van der Waals surface area contributed by atoms with Gasteiger partial charge >= 0.3 is 0 Å². The molecule has 0 unspecified atom stereocenters. The highest BCUT2D eigenvalue weighted by molar-refractivity contribution is 6.22. The summed E-state index contributed by atoms with van der Waals surface area (Å²) in [4.78, 5) is 15.0. The third kappa shape index (κ3) is 5.21. The molecule has 12 rings (SSSR count). The number of benzene rings is 9. The molecule has 0 spiro atoms. The number of aromatic nitrogens is 4. The van der Waals surface area contributed by atoms with E-state index in [-0.39, 0.29) is 0 Å². The lowest BCUT2D eigenvalue weighted by atomic mass is 10.0. The smallest absolute Gasteiger partial charge is 0.164 e. The molecule has 0 saturated heterocycles. The zero-order chi connectivity index (χ0) is 38.2. The molecule has 0 aliphatic rings. The number of furan rings is 1. The molecule has 0 atom stereocenters. The lowest BCUT2D eigenvalue weighted by molar-refractivity contribution is 0.668. The minimum absolute atomic E-state index is 0.590. The van der Waals surface area contributed by atoms with Gasteiger partial charge in [-0.05, 0) is 81.2 Å². The summed E-state index contributed by atoms with van der Waals surface area (Å²) in [5, 5.41) is 9.33. The van der Waals surface area contributed by atoms with E-state index in [0.29, 0.717) is 17.5 Å².